The van der Waals surface area contributed by atoms with E-state index in [9.17, 15) is 31.1 Å². The van der Waals surface area contributed by atoms with Gasteiger partial charge in [-0.25, -0.2) is 4.79 Å². The highest BCUT2D eigenvalue weighted by molar-refractivity contribution is 6.30. The Kier molecular flexibility index (Phi) is 9.49. The highest BCUT2D eigenvalue weighted by Gasteiger charge is 2.60. The summed E-state index contributed by atoms with van der Waals surface area (Å²) in [7, 11) is 3.42. The molecule has 2 rings (SSSR count). The summed E-state index contributed by atoms with van der Waals surface area (Å²) in [6, 6.07) is 5.20. The molecule has 0 radical (unpaired) electrons. The molecule has 192 valence electrons. The number of carbonyl (C=O) groups excluding carboxylic acids is 1. The van der Waals surface area contributed by atoms with E-state index < -0.39 is 24.5 Å². The van der Waals surface area contributed by atoms with E-state index in [0.717, 1.165) is 16.2 Å². The zero-order chi connectivity index (χ0) is 25.7. The number of carbonyl (C=O) groups is 1. The summed E-state index contributed by atoms with van der Waals surface area (Å²) >= 11 is 6.17. The number of rotatable bonds is 8. The lowest BCUT2D eigenvalue weighted by Gasteiger charge is -2.36. The van der Waals surface area contributed by atoms with Crippen LogP contribution in [0.4, 0.5) is 36.8 Å². The molecule has 0 aliphatic carbocycles. The smallest absolute Gasteiger partial charge is 0.426 e. The van der Waals surface area contributed by atoms with Gasteiger partial charge in [-0.2, -0.15) is 26.3 Å². The summed E-state index contributed by atoms with van der Waals surface area (Å²) in [6.45, 7) is 4.92. The topological polar surface area (TPSA) is 45.2 Å². The SMILES string of the molecule is C=CC(COC)N(C)c1cc(Cl)ccc1CN1CCN(C(=O)OC(C(F)(F)F)C(F)(F)F)CC1. The fourth-order valence-corrected chi connectivity index (χ4v) is 3.68. The van der Waals surface area contributed by atoms with Crippen molar-refractivity contribution in [2.24, 2.45) is 0 Å². The first kappa shape index (κ1) is 28.1. The number of hydrogen-bond donors (Lipinski definition) is 0. The molecule has 1 heterocycles. The van der Waals surface area contributed by atoms with Crippen molar-refractivity contribution in [2.75, 3.05) is 51.8 Å². The van der Waals surface area contributed by atoms with E-state index in [2.05, 4.69) is 11.3 Å². The number of piperazine rings is 1. The molecule has 1 aliphatic rings. The van der Waals surface area contributed by atoms with Crippen LogP contribution in [0.2, 0.25) is 5.02 Å². The van der Waals surface area contributed by atoms with Crippen molar-refractivity contribution in [2.45, 2.75) is 31.0 Å². The van der Waals surface area contributed by atoms with Gasteiger partial charge in [-0.15, -0.1) is 6.58 Å². The molecule has 13 heteroatoms. The number of alkyl halides is 6. The van der Waals surface area contributed by atoms with Crippen LogP contribution in [0.1, 0.15) is 5.56 Å². The molecule has 1 amide bonds. The second kappa shape index (κ2) is 11.5. The van der Waals surface area contributed by atoms with Gasteiger partial charge in [0.05, 0.1) is 12.6 Å². The average Bonchev–Trinajstić information content (AvgIpc) is 2.75. The third kappa shape index (κ3) is 7.41. The zero-order valence-corrected chi connectivity index (χ0v) is 19.4. The molecule has 1 aromatic rings. The molecule has 6 nitrogen and oxygen atoms in total. The van der Waals surface area contributed by atoms with Crippen LogP contribution in [0.15, 0.2) is 30.9 Å². The average molecular weight is 518 g/mol. The van der Waals surface area contributed by atoms with Crippen LogP contribution < -0.4 is 4.90 Å². The largest absolute Gasteiger partial charge is 0.434 e. The first-order valence-corrected chi connectivity index (χ1v) is 10.6. The minimum Gasteiger partial charge on any atom is -0.426 e. The highest BCUT2D eigenvalue weighted by Crippen LogP contribution is 2.36. The Labute approximate surface area is 198 Å². The number of amides is 1. The maximum atomic E-state index is 12.7. The van der Waals surface area contributed by atoms with Crippen LogP contribution in [-0.2, 0) is 16.0 Å². The Morgan fingerprint density at radius 2 is 1.76 bits per heavy atom. The number of anilines is 1. The van der Waals surface area contributed by atoms with Crippen molar-refractivity contribution < 1.29 is 40.6 Å². The number of methoxy groups -OCH3 is 1. The molecular formula is C21H26ClF6N3O3. The second-order valence-corrected chi connectivity index (χ2v) is 8.19. The summed E-state index contributed by atoms with van der Waals surface area (Å²) in [5, 5.41) is 0.516. The molecule has 1 unspecified atom stereocenters. The lowest BCUT2D eigenvalue weighted by Crippen LogP contribution is -2.52. The lowest BCUT2D eigenvalue weighted by atomic mass is 10.1. The van der Waals surface area contributed by atoms with Crippen molar-refractivity contribution in [3.05, 3.63) is 41.4 Å². The molecule has 0 saturated carbocycles. The third-order valence-corrected chi connectivity index (χ3v) is 5.61. The van der Waals surface area contributed by atoms with Crippen molar-refractivity contribution >= 4 is 23.4 Å². The third-order valence-electron chi connectivity index (χ3n) is 5.37. The zero-order valence-electron chi connectivity index (χ0n) is 18.6. The van der Waals surface area contributed by atoms with Crippen molar-refractivity contribution in [1.29, 1.82) is 0 Å². The number of nitrogens with zero attached hydrogens (tertiary/aromatic N) is 3. The van der Waals surface area contributed by atoms with Crippen molar-refractivity contribution in [3.8, 4) is 0 Å². The number of hydrogen-bond acceptors (Lipinski definition) is 5. The quantitative estimate of drug-likeness (QED) is 0.369. The van der Waals surface area contributed by atoms with Crippen LogP contribution in [0, 0.1) is 0 Å². The molecule has 1 atom stereocenters. The van der Waals surface area contributed by atoms with Crippen molar-refractivity contribution in [1.82, 2.24) is 9.80 Å². The lowest BCUT2D eigenvalue weighted by molar-refractivity contribution is -0.308. The Morgan fingerprint density at radius 3 is 2.26 bits per heavy atom. The van der Waals surface area contributed by atoms with Gasteiger partial charge in [0.25, 0.3) is 6.10 Å². The summed E-state index contributed by atoms with van der Waals surface area (Å²) in [5.41, 5.74) is 1.70. The molecule has 1 fully saturated rings. The van der Waals surface area contributed by atoms with Gasteiger partial charge in [-0.05, 0) is 17.7 Å². The van der Waals surface area contributed by atoms with Gasteiger partial charge in [0.2, 0.25) is 0 Å². The molecule has 1 aliphatic heterocycles. The summed E-state index contributed by atoms with van der Waals surface area (Å²) in [6.07, 6.45) is -15.6. The molecule has 0 spiro atoms. The Balaban J connectivity index is 2.04. The van der Waals surface area contributed by atoms with Gasteiger partial charge in [-0.1, -0.05) is 23.7 Å². The molecule has 34 heavy (non-hydrogen) atoms. The Morgan fingerprint density at radius 1 is 1.18 bits per heavy atom. The summed E-state index contributed by atoms with van der Waals surface area (Å²) in [4.78, 5) is 16.7. The minimum absolute atomic E-state index is 0.0843. The molecule has 1 saturated heterocycles. The van der Waals surface area contributed by atoms with Crippen LogP contribution >= 0.6 is 11.6 Å². The predicted octanol–water partition coefficient (Wildman–Crippen LogP) is 4.72. The summed E-state index contributed by atoms with van der Waals surface area (Å²) in [5.74, 6) is 0. The van der Waals surface area contributed by atoms with Gasteiger partial charge in [0.15, 0.2) is 0 Å². The van der Waals surface area contributed by atoms with Gasteiger partial charge >= 0.3 is 18.4 Å². The van der Waals surface area contributed by atoms with E-state index in [1.807, 2.05) is 22.9 Å². The van der Waals surface area contributed by atoms with E-state index in [-0.39, 0.29) is 32.2 Å². The van der Waals surface area contributed by atoms with Crippen LogP contribution in [0.3, 0.4) is 0 Å². The highest BCUT2D eigenvalue weighted by atomic mass is 35.5. The molecule has 0 aromatic heterocycles. The Hall–Kier alpha value is -2.18. The maximum Gasteiger partial charge on any atom is 0.434 e. The number of halogens is 7. The maximum absolute atomic E-state index is 12.7. The fourth-order valence-electron chi connectivity index (χ4n) is 3.51. The van der Waals surface area contributed by atoms with E-state index >= 15 is 0 Å². The Bertz CT molecular complexity index is 830. The number of ether oxygens (including phenoxy) is 2. The minimum atomic E-state index is -5.75. The second-order valence-electron chi connectivity index (χ2n) is 7.75. The van der Waals surface area contributed by atoms with E-state index in [0.29, 0.717) is 18.2 Å². The van der Waals surface area contributed by atoms with Gasteiger partial charge < -0.3 is 19.3 Å². The molecular weight excluding hydrogens is 492 g/mol. The summed E-state index contributed by atoms with van der Waals surface area (Å²) < 4.78 is 84.9. The van der Waals surface area contributed by atoms with Gasteiger partial charge in [0.1, 0.15) is 0 Å². The van der Waals surface area contributed by atoms with E-state index in [1.54, 1.807) is 25.3 Å². The molecule has 1 aromatic carbocycles. The molecule has 0 N–H and O–H groups in total. The monoisotopic (exact) mass is 517 g/mol. The first-order valence-electron chi connectivity index (χ1n) is 10.2. The van der Waals surface area contributed by atoms with E-state index in [1.165, 1.54) is 0 Å². The van der Waals surface area contributed by atoms with Gasteiger partial charge in [-0.3, -0.25) is 4.90 Å². The number of likely N-dealkylation sites (N-methyl/N-ethyl adjacent to an activating group) is 1. The normalized spacial score (nSPS) is 16.5. The number of benzene rings is 1. The molecule has 0 bridgehead atoms. The van der Waals surface area contributed by atoms with Crippen LogP contribution in [0.25, 0.3) is 0 Å². The first-order chi connectivity index (χ1) is 15.8. The standard InChI is InChI=1S/C21H26ClF6N3O3/c1-4-16(13-33-3)29(2)17-11-15(22)6-5-14(17)12-30-7-9-31(10-8-30)19(32)34-18(20(23,24)25)21(26,27)28/h4-6,11,16,18H,1,7-10,12-13H2,2-3H3. The fraction of sp³-hybridized carbons (Fsp3) is 0.571. The van der Waals surface area contributed by atoms with Crippen molar-refractivity contribution in [3.63, 3.8) is 0 Å². The predicted molar refractivity (Wildman–Crippen MR) is 115 cm³/mol. The van der Waals surface area contributed by atoms with Crippen LogP contribution in [0.5, 0.6) is 0 Å². The van der Waals surface area contributed by atoms with Gasteiger partial charge in [0, 0.05) is 57.6 Å². The van der Waals surface area contributed by atoms with Crippen LogP contribution in [-0.4, -0.2) is 87.3 Å². The van der Waals surface area contributed by atoms with E-state index in [4.69, 9.17) is 16.3 Å².